The zero-order chi connectivity index (χ0) is 18.5. The maximum atomic E-state index is 12.4. The predicted octanol–water partition coefficient (Wildman–Crippen LogP) is 4.68. The van der Waals surface area contributed by atoms with Crippen molar-refractivity contribution in [2.45, 2.75) is 18.2 Å². The second-order valence-corrected chi connectivity index (χ2v) is 8.10. The number of aromatic nitrogens is 1. The van der Waals surface area contributed by atoms with Crippen molar-refractivity contribution in [1.29, 1.82) is 0 Å². The summed E-state index contributed by atoms with van der Waals surface area (Å²) in [5.74, 6) is 0.0702. The first-order valence-corrected chi connectivity index (χ1v) is 10.5. The number of rotatable bonds is 7. The molecular weight excluding hydrogens is 392 g/mol. The Kier molecular flexibility index (Phi) is 6.12. The predicted molar refractivity (Wildman–Crippen MR) is 104 cm³/mol. The Morgan fingerprint density at radius 3 is 2.85 bits per heavy atom. The van der Waals surface area contributed by atoms with Gasteiger partial charge in [-0.05, 0) is 26.0 Å². The Morgan fingerprint density at radius 1 is 1.35 bits per heavy atom. The van der Waals surface area contributed by atoms with E-state index < -0.39 is 5.97 Å². The molecule has 0 fully saturated rings. The van der Waals surface area contributed by atoms with Crippen molar-refractivity contribution in [2.75, 3.05) is 17.7 Å². The van der Waals surface area contributed by atoms with E-state index in [4.69, 9.17) is 9.15 Å². The number of thiophene rings is 1. The average Bonchev–Trinajstić information content (AvgIpc) is 3.33. The van der Waals surface area contributed by atoms with Crippen LogP contribution in [0.15, 0.2) is 37.9 Å². The van der Waals surface area contributed by atoms with Gasteiger partial charge in [0.2, 0.25) is 5.91 Å². The molecule has 136 valence electrons. The third-order valence-corrected chi connectivity index (χ3v) is 6.27. The van der Waals surface area contributed by atoms with E-state index in [0.29, 0.717) is 21.9 Å². The van der Waals surface area contributed by atoms with Crippen LogP contribution in [0, 0.1) is 6.92 Å². The van der Waals surface area contributed by atoms with E-state index in [2.05, 4.69) is 10.3 Å². The standard InChI is InChI=1S/C17H16N2O4S3/c1-3-22-16(21)14-11(12-5-4-6-23-12)8-24-15(14)19-13(20)9-26-17-18-10(2)7-25-17/h4-8H,3,9H2,1-2H3,(H,19,20). The van der Waals surface area contributed by atoms with Crippen molar-refractivity contribution in [3.8, 4) is 11.3 Å². The van der Waals surface area contributed by atoms with Crippen LogP contribution >= 0.6 is 34.4 Å². The first-order valence-electron chi connectivity index (χ1n) is 7.75. The van der Waals surface area contributed by atoms with Crippen molar-refractivity contribution in [3.63, 3.8) is 0 Å². The second-order valence-electron chi connectivity index (χ2n) is 5.14. The summed E-state index contributed by atoms with van der Waals surface area (Å²) in [6.07, 6.45) is 1.53. The fourth-order valence-electron chi connectivity index (χ4n) is 2.16. The van der Waals surface area contributed by atoms with E-state index in [9.17, 15) is 9.59 Å². The number of esters is 1. The third-order valence-electron chi connectivity index (χ3n) is 3.23. The van der Waals surface area contributed by atoms with Gasteiger partial charge >= 0.3 is 5.97 Å². The lowest BCUT2D eigenvalue weighted by Gasteiger charge is -2.07. The number of thiazole rings is 1. The lowest BCUT2D eigenvalue weighted by Crippen LogP contribution is -2.16. The molecule has 1 amide bonds. The van der Waals surface area contributed by atoms with Gasteiger partial charge in [-0.1, -0.05) is 11.8 Å². The molecule has 0 radical (unpaired) electrons. The minimum atomic E-state index is -0.487. The van der Waals surface area contributed by atoms with Crippen LogP contribution < -0.4 is 5.32 Å². The van der Waals surface area contributed by atoms with Crippen LogP contribution in [0.1, 0.15) is 23.0 Å². The number of ether oxygens (including phenoxy) is 1. The topological polar surface area (TPSA) is 81.4 Å². The van der Waals surface area contributed by atoms with Gasteiger partial charge in [-0.2, -0.15) is 0 Å². The monoisotopic (exact) mass is 408 g/mol. The molecule has 3 heterocycles. The number of carbonyl (C=O) groups excluding carboxylic acids is 2. The van der Waals surface area contributed by atoms with Crippen LogP contribution in [0.5, 0.6) is 0 Å². The first-order chi connectivity index (χ1) is 12.6. The Hall–Kier alpha value is -2.10. The molecular formula is C17H16N2O4S3. The van der Waals surface area contributed by atoms with Crippen LogP contribution in [0.25, 0.3) is 11.3 Å². The maximum absolute atomic E-state index is 12.4. The van der Waals surface area contributed by atoms with Crippen LogP contribution in [0.4, 0.5) is 5.00 Å². The average molecular weight is 409 g/mol. The lowest BCUT2D eigenvalue weighted by molar-refractivity contribution is -0.113. The smallest absolute Gasteiger partial charge is 0.341 e. The molecule has 0 aliphatic carbocycles. The zero-order valence-electron chi connectivity index (χ0n) is 14.1. The molecule has 3 rings (SSSR count). The Morgan fingerprint density at radius 2 is 2.19 bits per heavy atom. The van der Waals surface area contributed by atoms with Crippen LogP contribution in [0.2, 0.25) is 0 Å². The highest BCUT2D eigenvalue weighted by molar-refractivity contribution is 8.01. The van der Waals surface area contributed by atoms with Gasteiger partial charge in [-0.3, -0.25) is 4.79 Å². The number of amides is 1. The number of nitrogens with zero attached hydrogens (tertiary/aromatic N) is 1. The van der Waals surface area contributed by atoms with Crippen molar-refractivity contribution >= 4 is 51.3 Å². The molecule has 3 aromatic rings. The van der Waals surface area contributed by atoms with E-state index in [0.717, 1.165) is 10.0 Å². The van der Waals surface area contributed by atoms with Gasteiger partial charge in [-0.25, -0.2) is 9.78 Å². The van der Waals surface area contributed by atoms with Gasteiger partial charge < -0.3 is 14.5 Å². The lowest BCUT2D eigenvalue weighted by atomic mass is 10.1. The summed E-state index contributed by atoms with van der Waals surface area (Å²) in [6, 6.07) is 3.50. The fourth-order valence-corrected chi connectivity index (χ4v) is 4.76. The number of aryl methyl sites for hydroxylation is 1. The normalized spacial score (nSPS) is 10.7. The van der Waals surface area contributed by atoms with Gasteiger partial charge in [0, 0.05) is 22.0 Å². The molecule has 0 aliphatic heterocycles. The third kappa shape index (κ3) is 4.35. The summed E-state index contributed by atoms with van der Waals surface area (Å²) >= 11 is 4.13. The fraction of sp³-hybridized carbons (Fsp3) is 0.235. The molecule has 26 heavy (non-hydrogen) atoms. The van der Waals surface area contributed by atoms with E-state index in [-0.39, 0.29) is 18.3 Å². The number of carbonyl (C=O) groups is 2. The van der Waals surface area contributed by atoms with Crippen molar-refractivity contribution in [3.05, 3.63) is 40.4 Å². The summed E-state index contributed by atoms with van der Waals surface area (Å²) in [6.45, 7) is 3.90. The highest BCUT2D eigenvalue weighted by Gasteiger charge is 2.24. The molecule has 0 aromatic carbocycles. The van der Waals surface area contributed by atoms with Crippen LogP contribution in [-0.2, 0) is 9.53 Å². The summed E-state index contributed by atoms with van der Waals surface area (Å²) in [5.41, 5.74) is 1.86. The molecule has 0 spiro atoms. The summed E-state index contributed by atoms with van der Waals surface area (Å²) < 4.78 is 11.4. The molecule has 3 aromatic heterocycles. The van der Waals surface area contributed by atoms with E-state index in [1.165, 1.54) is 40.7 Å². The van der Waals surface area contributed by atoms with E-state index >= 15 is 0 Å². The molecule has 0 saturated carbocycles. The summed E-state index contributed by atoms with van der Waals surface area (Å²) in [5, 5.41) is 6.97. The van der Waals surface area contributed by atoms with Gasteiger partial charge in [0.05, 0.1) is 18.6 Å². The number of thioether (sulfide) groups is 1. The molecule has 1 N–H and O–H groups in total. The van der Waals surface area contributed by atoms with E-state index in [1.807, 2.05) is 12.3 Å². The van der Waals surface area contributed by atoms with Crippen LogP contribution in [0.3, 0.4) is 0 Å². The van der Waals surface area contributed by atoms with Crippen molar-refractivity contribution in [2.24, 2.45) is 0 Å². The number of anilines is 1. The van der Waals surface area contributed by atoms with Crippen LogP contribution in [-0.4, -0.2) is 29.2 Å². The number of hydrogen-bond acceptors (Lipinski definition) is 8. The number of hydrogen-bond donors (Lipinski definition) is 1. The van der Waals surface area contributed by atoms with Gasteiger partial charge in [0.1, 0.15) is 16.3 Å². The molecule has 0 bridgehead atoms. The van der Waals surface area contributed by atoms with Gasteiger partial charge in [-0.15, -0.1) is 22.7 Å². The van der Waals surface area contributed by atoms with Crippen molar-refractivity contribution in [1.82, 2.24) is 4.98 Å². The maximum Gasteiger partial charge on any atom is 0.341 e. The SMILES string of the molecule is CCOC(=O)c1c(-c2ccco2)csc1NC(=O)CSc1nc(C)cs1. The number of nitrogens with one attached hydrogen (secondary N) is 1. The highest BCUT2D eigenvalue weighted by Crippen LogP contribution is 2.36. The second kappa shape index (κ2) is 8.52. The number of furan rings is 1. The highest BCUT2D eigenvalue weighted by atomic mass is 32.2. The molecule has 0 saturated heterocycles. The van der Waals surface area contributed by atoms with Gasteiger partial charge in [0.25, 0.3) is 0 Å². The Bertz CT molecular complexity index is 899. The first kappa shape index (κ1) is 18.7. The molecule has 0 unspecified atom stereocenters. The quantitative estimate of drug-likeness (QED) is 0.451. The molecule has 9 heteroatoms. The zero-order valence-corrected chi connectivity index (χ0v) is 16.6. The minimum Gasteiger partial charge on any atom is -0.464 e. The summed E-state index contributed by atoms with van der Waals surface area (Å²) in [7, 11) is 0. The molecule has 6 nitrogen and oxygen atoms in total. The Balaban J connectivity index is 1.76. The van der Waals surface area contributed by atoms with E-state index in [1.54, 1.807) is 24.4 Å². The van der Waals surface area contributed by atoms with Gasteiger partial charge in [0.15, 0.2) is 4.34 Å². The summed E-state index contributed by atoms with van der Waals surface area (Å²) in [4.78, 5) is 29.0. The molecule has 0 aliphatic rings. The van der Waals surface area contributed by atoms with Crippen molar-refractivity contribution < 1.29 is 18.7 Å². The Labute approximate surface area is 162 Å². The largest absolute Gasteiger partial charge is 0.464 e. The molecule has 0 atom stereocenters. The minimum absolute atomic E-state index is 0.207.